The fraction of sp³-hybridized carbons (Fsp3) is 1.00. The Hall–Kier alpha value is 0.440. The maximum Gasteiger partial charge on any atom is 0.0662 e. The molecule has 2 heteroatoms. The van der Waals surface area contributed by atoms with Gasteiger partial charge in [-0.15, -0.1) is 0 Å². The molecule has 0 saturated carbocycles. The van der Waals surface area contributed by atoms with E-state index in [1.165, 1.54) is 12.8 Å². The van der Waals surface area contributed by atoms with Crippen molar-refractivity contribution in [3.05, 3.63) is 0 Å². The second kappa shape index (κ2) is 6.17. The minimum atomic E-state index is -0.161. The van der Waals surface area contributed by atoms with Crippen molar-refractivity contribution >= 4 is 15.9 Å². The van der Waals surface area contributed by atoms with Gasteiger partial charge < -0.3 is 5.11 Å². The second-order valence-electron chi connectivity index (χ2n) is 2.63. The lowest BCUT2D eigenvalue weighted by atomic mass is 10.1. The Labute approximate surface area is 72.0 Å². The number of rotatable bonds is 5. The normalized spacial score (nSPS) is 16.8. The van der Waals surface area contributed by atoms with Crippen LogP contribution in [-0.4, -0.2) is 16.0 Å². The summed E-state index contributed by atoms with van der Waals surface area (Å²) in [4.78, 5) is 0.303. The molecule has 0 aliphatic rings. The topological polar surface area (TPSA) is 20.2 Å². The van der Waals surface area contributed by atoms with Crippen LogP contribution in [0.2, 0.25) is 0 Å². The van der Waals surface area contributed by atoms with Gasteiger partial charge in [0.15, 0.2) is 0 Å². The van der Waals surface area contributed by atoms with Crippen molar-refractivity contribution < 1.29 is 5.11 Å². The van der Waals surface area contributed by atoms with Crippen molar-refractivity contribution in [1.82, 2.24) is 0 Å². The first-order chi connectivity index (χ1) is 4.72. The Kier molecular flexibility index (Phi) is 6.44. The van der Waals surface area contributed by atoms with E-state index >= 15 is 0 Å². The highest BCUT2D eigenvalue weighted by atomic mass is 79.9. The summed E-state index contributed by atoms with van der Waals surface area (Å²) in [5, 5.41) is 9.31. The largest absolute Gasteiger partial charge is 0.392 e. The molecule has 2 unspecified atom stereocenters. The summed E-state index contributed by atoms with van der Waals surface area (Å²) in [5.74, 6) is 0. The molecule has 0 aromatic heterocycles. The molecule has 1 N–H and O–H groups in total. The molecule has 1 nitrogen and oxygen atoms in total. The highest BCUT2D eigenvalue weighted by Gasteiger charge is 2.11. The zero-order chi connectivity index (χ0) is 7.98. The van der Waals surface area contributed by atoms with E-state index in [0.29, 0.717) is 4.83 Å². The summed E-state index contributed by atoms with van der Waals surface area (Å²) < 4.78 is 0. The minimum Gasteiger partial charge on any atom is -0.392 e. The zero-order valence-electron chi connectivity index (χ0n) is 6.81. The number of alkyl halides is 1. The molecule has 0 bridgehead atoms. The summed E-state index contributed by atoms with van der Waals surface area (Å²) in [6, 6.07) is 0. The van der Waals surface area contributed by atoms with E-state index in [9.17, 15) is 5.11 Å². The standard InChI is InChI=1S/C8H17BrO/c1-3-5-6-7(9)8(10)4-2/h7-8,10H,3-6H2,1-2H3. The fourth-order valence-corrected chi connectivity index (χ4v) is 1.54. The SMILES string of the molecule is CCCCC(Br)C(O)CC. The van der Waals surface area contributed by atoms with Crippen LogP contribution in [0.25, 0.3) is 0 Å². The van der Waals surface area contributed by atoms with Gasteiger partial charge in [0, 0.05) is 4.83 Å². The zero-order valence-corrected chi connectivity index (χ0v) is 8.39. The molecular weight excluding hydrogens is 192 g/mol. The van der Waals surface area contributed by atoms with Gasteiger partial charge in [0.1, 0.15) is 0 Å². The van der Waals surface area contributed by atoms with Gasteiger partial charge in [-0.05, 0) is 12.8 Å². The molecule has 0 saturated heterocycles. The van der Waals surface area contributed by atoms with Gasteiger partial charge >= 0.3 is 0 Å². The predicted octanol–water partition coefficient (Wildman–Crippen LogP) is 2.71. The molecule has 0 aliphatic carbocycles. The van der Waals surface area contributed by atoms with Crippen LogP contribution in [0, 0.1) is 0 Å². The van der Waals surface area contributed by atoms with Gasteiger partial charge in [0.05, 0.1) is 6.10 Å². The van der Waals surface area contributed by atoms with Crippen LogP contribution in [0.15, 0.2) is 0 Å². The van der Waals surface area contributed by atoms with E-state index in [0.717, 1.165) is 12.8 Å². The predicted molar refractivity (Wildman–Crippen MR) is 48.5 cm³/mol. The first-order valence-corrected chi connectivity index (χ1v) is 4.96. The number of unbranched alkanes of at least 4 members (excludes halogenated alkanes) is 1. The Balaban J connectivity index is 3.31. The third-order valence-corrected chi connectivity index (χ3v) is 2.74. The smallest absolute Gasteiger partial charge is 0.0662 e. The van der Waals surface area contributed by atoms with Crippen LogP contribution in [-0.2, 0) is 0 Å². The Bertz CT molecular complexity index is 75.7. The molecule has 0 aromatic rings. The maximum absolute atomic E-state index is 9.31. The van der Waals surface area contributed by atoms with Crippen LogP contribution in [0.4, 0.5) is 0 Å². The molecule has 0 spiro atoms. The lowest BCUT2D eigenvalue weighted by Gasteiger charge is -2.14. The van der Waals surface area contributed by atoms with E-state index in [2.05, 4.69) is 22.9 Å². The van der Waals surface area contributed by atoms with Gasteiger partial charge in [-0.25, -0.2) is 0 Å². The first-order valence-electron chi connectivity index (χ1n) is 4.04. The van der Waals surface area contributed by atoms with Crippen LogP contribution < -0.4 is 0 Å². The molecule has 0 aromatic carbocycles. The first kappa shape index (κ1) is 10.4. The highest BCUT2D eigenvalue weighted by molar-refractivity contribution is 9.09. The summed E-state index contributed by atoms with van der Waals surface area (Å²) >= 11 is 3.45. The van der Waals surface area contributed by atoms with Crippen molar-refractivity contribution in [1.29, 1.82) is 0 Å². The second-order valence-corrected chi connectivity index (χ2v) is 3.81. The molecule has 0 rings (SSSR count). The highest BCUT2D eigenvalue weighted by Crippen LogP contribution is 2.15. The summed E-state index contributed by atoms with van der Waals surface area (Å²) in [6.07, 6.45) is 4.18. The van der Waals surface area contributed by atoms with Gasteiger partial charge in [-0.2, -0.15) is 0 Å². The maximum atomic E-state index is 9.31. The quantitative estimate of drug-likeness (QED) is 0.690. The Morgan fingerprint density at radius 3 is 2.40 bits per heavy atom. The Morgan fingerprint density at radius 2 is 2.00 bits per heavy atom. The van der Waals surface area contributed by atoms with Gasteiger partial charge in [0.2, 0.25) is 0 Å². The average Bonchev–Trinajstić information content (AvgIpc) is 1.98. The molecule has 0 fully saturated rings. The third kappa shape index (κ3) is 4.29. The summed E-state index contributed by atoms with van der Waals surface area (Å²) in [5.41, 5.74) is 0. The van der Waals surface area contributed by atoms with E-state index < -0.39 is 0 Å². The van der Waals surface area contributed by atoms with Crippen LogP contribution in [0.1, 0.15) is 39.5 Å². The molecular formula is C8H17BrO. The van der Waals surface area contributed by atoms with E-state index in [-0.39, 0.29) is 6.10 Å². The monoisotopic (exact) mass is 208 g/mol. The van der Waals surface area contributed by atoms with Gasteiger partial charge in [-0.3, -0.25) is 0 Å². The van der Waals surface area contributed by atoms with Crippen molar-refractivity contribution in [2.75, 3.05) is 0 Å². The lowest BCUT2D eigenvalue weighted by Crippen LogP contribution is -2.18. The van der Waals surface area contributed by atoms with Crippen molar-refractivity contribution in [3.8, 4) is 0 Å². The fourth-order valence-electron chi connectivity index (χ4n) is 0.847. The van der Waals surface area contributed by atoms with Crippen LogP contribution in [0.3, 0.4) is 0 Å². The number of hydrogen-bond donors (Lipinski definition) is 1. The van der Waals surface area contributed by atoms with Gasteiger partial charge in [0.25, 0.3) is 0 Å². The Morgan fingerprint density at radius 1 is 1.40 bits per heavy atom. The number of aliphatic hydroxyl groups excluding tert-OH is 1. The number of halogens is 1. The van der Waals surface area contributed by atoms with E-state index in [1.54, 1.807) is 0 Å². The molecule has 0 amide bonds. The van der Waals surface area contributed by atoms with Crippen molar-refractivity contribution in [2.24, 2.45) is 0 Å². The molecule has 0 radical (unpaired) electrons. The van der Waals surface area contributed by atoms with E-state index in [4.69, 9.17) is 0 Å². The van der Waals surface area contributed by atoms with Crippen LogP contribution >= 0.6 is 15.9 Å². The molecule has 0 heterocycles. The summed E-state index contributed by atoms with van der Waals surface area (Å²) in [6.45, 7) is 4.17. The minimum absolute atomic E-state index is 0.161. The average molecular weight is 209 g/mol. The van der Waals surface area contributed by atoms with Crippen molar-refractivity contribution in [3.63, 3.8) is 0 Å². The molecule has 10 heavy (non-hydrogen) atoms. The number of hydrogen-bond acceptors (Lipinski definition) is 1. The van der Waals surface area contributed by atoms with Crippen LogP contribution in [0.5, 0.6) is 0 Å². The van der Waals surface area contributed by atoms with E-state index in [1.807, 2.05) is 6.92 Å². The lowest BCUT2D eigenvalue weighted by molar-refractivity contribution is 0.165. The summed E-state index contributed by atoms with van der Waals surface area (Å²) in [7, 11) is 0. The molecule has 62 valence electrons. The van der Waals surface area contributed by atoms with Gasteiger partial charge in [-0.1, -0.05) is 42.6 Å². The van der Waals surface area contributed by atoms with Crippen molar-refractivity contribution in [2.45, 2.75) is 50.5 Å². The third-order valence-electron chi connectivity index (χ3n) is 1.67. The number of aliphatic hydroxyl groups is 1. The molecule has 0 aliphatic heterocycles. The molecule has 2 atom stereocenters.